The first-order valence-electron chi connectivity index (χ1n) is 6.53. The van der Waals surface area contributed by atoms with Crippen molar-refractivity contribution in [2.45, 2.75) is 33.2 Å². The molecule has 2 aromatic rings. The molecule has 0 saturated heterocycles. The van der Waals surface area contributed by atoms with Gasteiger partial charge >= 0.3 is 5.69 Å². The van der Waals surface area contributed by atoms with Crippen LogP contribution in [0.1, 0.15) is 31.5 Å². The minimum absolute atomic E-state index is 0.297. The predicted octanol–water partition coefficient (Wildman–Crippen LogP) is 0.821. The van der Waals surface area contributed by atoms with Crippen molar-refractivity contribution in [1.82, 2.24) is 19.1 Å². The van der Waals surface area contributed by atoms with Gasteiger partial charge in [-0.1, -0.05) is 18.3 Å². The average molecular weight is 295 g/mol. The molecule has 0 fully saturated rings. The second-order valence-corrected chi connectivity index (χ2v) is 5.12. The Morgan fingerprint density at radius 1 is 1.40 bits per heavy atom. The number of anilines is 1. The summed E-state index contributed by atoms with van der Waals surface area (Å²) in [5, 5.41) is 8.13. The molecule has 2 heterocycles. The van der Waals surface area contributed by atoms with Crippen LogP contribution in [0.2, 0.25) is 0 Å². The lowest BCUT2D eigenvalue weighted by atomic mass is 10.2. The molecule has 108 valence electrons. The van der Waals surface area contributed by atoms with Crippen LogP contribution < -0.4 is 16.6 Å². The third kappa shape index (κ3) is 3.13. The van der Waals surface area contributed by atoms with Gasteiger partial charge in [0, 0.05) is 29.8 Å². The molecule has 0 aliphatic rings. The van der Waals surface area contributed by atoms with Gasteiger partial charge in [0.25, 0.3) is 5.56 Å². The summed E-state index contributed by atoms with van der Waals surface area (Å²) in [6.45, 7) is 5.07. The van der Waals surface area contributed by atoms with Crippen molar-refractivity contribution in [1.29, 1.82) is 0 Å². The Morgan fingerprint density at radius 3 is 2.90 bits per heavy atom. The fourth-order valence-corrected chi connectivity index (χ4v) is 2.37. The van der Waals surface area contributed by atoms with Gasteiger partial charge < -0.3 is 5.32 Å². The third-order valence-electron chi connectivity index (χ3n) is 2.88. The summed E-state index contributed by atoms with van der Waals surface area (Å²) in [5.41, 5.74) is 0.534. The van der Waals surface area contributed by atoms with Crippen molar-refractivity contribution in [2.75, 3.05) is 11.9 Å². The molecular weight excluding hydrogens is 278 g/mol. The van der Waals surface area contributed by atoms with Gasteiger partial charge in [-0.25, -0.2) is 4.79 Å². The highest BCUT2D eigenvalue weighted by molar-refractivity contribution is 7.10. The molecule has 0 saturated carbocycles. The maximum Gasteiger partial charge on any atom is 0.328 e. The molecule has 0 aliphatic heterocycles. The number of nitrogens with zero attached hydrogens (tertiary/aromatic N) is 3. The average Bonchev–Trinajstić information content (AvgIpc) is 2.86. The zero-order valence-corrected chi connectivity index (χ0v) is 12.3. The number of hydrogen-bond acceptors (Lipinski definition) is 6. The van der Waals surface area contributed by atoms with E-state index >= 15 is 0 Å². The second kappa shape index (κ2) is 6.47. The molecule has 0 aliphatic carbocycles. The largest absolute Gasteiger partial charge is 0.374 e. The molecule has 7 nitrogen and oxygen atoms in total. The number of aromatic amines is 1. The Morgan fingerprint density at radius 2 is 2.20 bits per heavy atom. The zero-order chi connectivity index (χ0) is 14.5. The first kappa shape index (κ1) is 14.4. The van der Waals surface area contributed by atoms with Gasteiger partial charge in [0.1, 0.15) is 10.7 Å². The molecule has 0 unspecified atom stereocenters. The van der Waals surface area contributed by atoms with Crippen LogP contribution in [0.25, 0.3) is 0 Å². The number of hydrogen-bond donors (Lipinski definition) is 2. The number of H-pyrrole nitrogens is 1. The predicted molar refractivity (Wildman–Crippen MR) is 78.5 cm³/mol. The summed E-state index contributed by atoms with van der Waals surface area (Å²) in [6, 6.07) is 0. The summed E-state index contributed by atoms with van der Waals surface area (Å²) < 4.78 is 5.36. The maximum atomic E-state index is 11.8. The van der Waals surface area contributed by atoms with Gasteiger partial charge in [-0.3, -0.25) is 14.3 Å². The Balaban J connectivity index is 2.28. The lowest BCUT2D eigenvalue weighted by Crippen LogP contribution is -2.32. The van der Waals surface area contributed by atoms with Gasteiger partial charge in [0.15, 0.2) is 0 Å². The van der Waals surface area contributed by atoms with Crippen molar-refractivity contribution in [3.63, 3.8) is 0 Å². The van der Waals surface area contributed by atoms with Crippen molar-refractivity contribution in [2.24, 2.45) is 0 Å². The van der Waals surface area contributed by atoms with E-state index in [-0.39, 0.29) is 5.56 Å². The van der Waals surface area contributed by atoms with Gasteiger partial charge in [-0.2, -0.15) is 0 Å². The lowest BCUT2D eigenvalue weighted by molar-refractivity contribution is 0.692. The van der Waals surface area contributed by atoms with Crippen LogP contribution in [0.5, 0.6) is 0 Å². The minimum Gasteiger partial charge on any atom is -0.374 e. The summed E-state index contributed by atoms with van der Waals surface area (Å²) in [4.78, 5) is 25.6. The summed E-state index contributed by atoms with van der Waals surface area (Å²) in [7, 11) is 0. The van der Waals surface area contributed by atoms with Crippen molar-refractivity contribution < 1.29 is 0 Å². The van der Waals surface area contributed by atoms with E-state index in [9.17, 15) is 9.59 Å². The minimum atomic E-state index is -0.429. The normalized spacial score (nSPS) is 10.7. The monoisotopic (exact) mass is 295 g/mol. The quantitative estimate of drug-likeness (QED) is 0.823. The van der Waals surface area contributed by atoms with Crippen molar-refractivity contribution in [3.05, 3.63) is 38.3 Å². The molecule has 0 bridgehead atoms. The fraction of sp³-hybridized carbons (Fsp3) is 0.500. The second-order valence-electron chi connectivity index (χ2n) is 4.37. The Labute approximate surface area is 119 Å². The summed E-state index contributed by atoms with van der Waals surface area (Å²) >= 11 is 1.27. The summed E-state index contributed by atoms with van der Waals surface area (Å²) in [5.74, 6) is 0. The van der Waals surface area contributed by atoms with E-state index in [4.69, 9.17) is 0 Å². The lowest BCUT2D eigenvalue weighted by Gasteiger charge is -2.07. The highest BCUT2D eigenvalue weighted by Crippen LogP contribution is 2.18. The fourth-order valence-electron chi connectivity index (χ4n) is 1.77. The SMILES string of the molecule is CCCNc1snnc1Cn1cc(CC)c(=O)[nH]c1=O. The van der Waals surface area contributed by atoms with Gasteiger partial charge in [0.2, 0.25) is 0 Å². The van der Waals surface area contributed by atoms with Crippen LogP contribution in [0.3, 0.4) is 0 Å². The van der Waals surface area contributed by atoms with Crippen LogP contribution >= 0.6 is 11.5 Å². The van der Waals surface area contributed by atoms with E-state index < -0.39 is 5.69 Å². The van der Waals surface area contributed by atoms with Crippen LogP contribution in [0.15, 0.2) is 15.8 Å². The van der Waals surface area contributed by atoms with E-state index in [1.807, 2.05) is 6.92 Å². The molecule has 2 aromatic heterocycles. The van der Waals surface area contributed by atoms with Crippen molar-refractivity contribution >= 4 is 16.5 Å². The smallest absolute Gasteiger partial charge is 0.328 e. The van der Waals surface area contributed by atoms with Crippen LogP contribution in [0.4, 0.5) is 5.00 Å². The van der Waals surface area contributed by atoms with Gasteiger partial charge in [0.05, 0.1) is 6.54 Å². The molecule has 0 aromatic carbocycles. The molecule has 2 N–H and O–H groups in total. The van der Waals surface area contributed by atoms with Crippen molar-refractivity contribution in [3.8, 4) is 0 Å². The van der Waals surface area contributed by atoms with E-state index in [2.05, 4.69) is 26.8 Å². The van der Waals surface area contributed by atoms with Gasteiger partial charge in [-0.15, -0.1) is 5.10 Å². The van der Waals surface area contributed by atoms with Crippen LogP contribution in [0, 0.1) is 0 Å². The molecular formula is C12H17N5O2S. The maximum absolute atomic E-state index is 11.8. The van der Waals surface area contributed by atoms with Gasteiger partial charge in [-0.05, 0) is 12.8 Å². The summed E-state index contributed by atoms with van der Waals surface area (Å²) in [6.07, 6.45) is 3.16. The zero-order valence-electron chi connectivity index (χ0n) is 11.5. The molecule has 8 heteroatoms. The number of rotatable bonds is 6. The molecule has 0 amide bonds. The van der Waals surface area contributed by atoms with E-state index in [1.165, 1.54) is 16.1 Å². The molecule has 0 radical (unpaired) electrons. The molecule has 20 heavy (non-hydrogen) atoms. The first-order chi connectivity index (χ1) is 9.65. The topological polar surface area (TPSA) is 92.7 Å². The highest BCUT2D eigenvalue weighted by Gasteiger charge is 2.10. The Bertz CT molecular complexity index is 688. The first-order valence-corrected chi connectivity index (χ1v) is 7.30. The highest BCUT2D eigenvalue weighted by atomic mass is 32.1. The van der Waals surface area contributed by atoms with E-state index in [0.29, 0.717) is 24.2 Å². The Kier molecular flexibility index (Phi) is 4.67. The molecule has 0 spiro atoms. The number of aromatic nitrogens is 4. The van der Waals surface area contributed by atoms with Crippen LogP contribution in [-0.2, 0) is 13.0 Å². The number of nitrogens with one attached hydrogen (secondary N) is 2. The molecule has 2 rings (SSSR count). The Hall–Kier alpha value is -1.96. The third-order valence-corrected chi connectivity index (χ3v) is 3.60. The van der Waals surface area contributed by atoms with E-state index in [1.54, 1.807) is 6.20 Å². The molecule has 0 atom stereocenters. The number of aryl methyl sites for hydroxylation is 1. The van der Waals surface area contributed by atoms with E-state index in [0.717, 1.165) is 18.0 Å². The standard InChI is InChI=1S/C12H17N5O2S/c1-3-5-13-11-9(15-16-20-11)7-17-6-8(4-2)10(18)14-12(17)19/h6,13H,3-5,7H2,1-2H3,(H,14,18,19). The van der Waals surface area contributed by atoms with Crippen LogP contribution in [-0.4, -0.2) is 25.7 Å².